The van der Waals surface area contributed by atoms with Crippen molar-refractivity contribution in [3.05, 3.63) is 36.0 Å². The van der Waals surface area contributed by atoms with Gasteiger partial charge in [-0.15, -0.1) is 0 Å². The Morgan fingerprint density at radius 3 is 2.29 bits per heavy atom. The van der Waals surface area contributed by atoms with E-state index in [1.807, 2.05) is 0 Å². The van der Waals surface area contributed by atoms with Gasteiger partial charge in [0.05, 0.1) is 0 Å². The monoisotopic (exact) mass is 205 g/mol. The molecule has 0 spiro atoms. The highest BCUT2D eigenvalue weighted by Crippen LogP contribution is 2.24. The van der Waals surface area contributed by atoms with Crippen LogP contribution in [0.4, 0.5) is 13.2 Å². The molecule has 0 aliphatic rings. The zero-order chi connectivity index (χ0) is 11.2. The molecule has 0 rings (SSSR count). The van der Waals surface area contributed by atoms with Crippen LogP contribution < -0.4 is 5.32 Å². The highest BCUT2D eigenvalue weighted by atomic mass is 19.4. The number of alkyl halides is 3. The molecular formula is C10H14F3N. The molecule has 0 heterocycles. The molecule has 0 aromatic carbocycles. The minimum absolute atomic E-state index is 0.540. The standard InChI is InChI=1S/C10H14F3N/c1-4-9(7-14-3)6-5-8(2)10(11,12)13/h4-6,14H,2,7H2,1,3H3/b6-5-,9-4+. The first-order chi connectivity index (χ1) is 6.41. The van der Waals surface area contributed by atoms with Crippen LogP contribution in [0.2, 0.25) is 0 Å². The van der Waals surface area contributed by atoms with Crippen molar-refractivity contribution in [1.29, 1.82) is 0 Å². The lowest BCUT2D eigenvalue weighted by atomic mass is 10.2. The van der Waals surface area contributed by atoms with Crippen LogP contribution in [0.3, 0.4) is 0 Å². The smallest absolute Gasteiger partial charge is 0.316 e. The number of allylic oxidation sites excluding steroid dienone is 3. The fourth-order valence-electron chi connectivity index (χ4n) is 0.763. The largest absolute Gasteiger partial charge is 0.415 e. The molecule has 0 aliphatic carbocycles. The van der Waals surface area contributed by atoms with E-state index in [1.54, 1.807) is 20.0 Å². The van der Waals surface area contributed by atoms with Gasteiger partial charge in [0.25, 0.3) is 0 Å². The van der Waals surface area contributed by atoms with E-state index in [4.69, 9.17) is 0 Å². The second-order valence-corrected chi connectivity index (χ2v) is 2.75. The van der Waals surface area contributed by atoms with Crippen molar-refractivity contribution in [2.75, 3.05) is 13.6 Å². The van der Waals surface area contributed by atoms with E-state index in [2.05, 4.69) is 11.9 Å². The molecule has 0 saturated heterocycles. The van der Waals surface area contributed by atoms with Crippen LogP contribution in [-0.2, 0) is 0 Å². The summed E-state index contributed by atoms with van der Waals surface area (Å²) in [4.78, 5) is 0. The molecule has 0 amide bonds. The summed E-state index contributed by atoms with van der Waals surface area (Å²) in [6, 6.07) is 0. The molecule has 0 aromatic heterocycles. The summed E-state index contributed by atoms with van der Waals surface area (Å²) >= 11 is 0. The second-order valence-electron chi connectivity index (χ2n) is 2.75. The van der Waals surface area contributed by atoms with Gasteiger partial charge in [0.1, 0.15) is 0 Å². The molecule has 0 bridgehead atoms. The third-order valence-corrected chi connectivity index (χ3v) is 1.61. The Labute approximate surface area is 82.0 Å². The third-order valence-electron chi connectivity index (χ3n) is 1.61. The maximum Gasteiger partial charge on any atom is 0.415 e. The fourth-order valence-corrected chi connectivity index (χ4v) is 0.763. The molecule has 0 unspecified atom stereocenters. The summed E-state index contributed by atoms with van der Waals surface area (Å²) in [5, 5.41) is 2.85. The van der Waals surface area contributed by atoms with Crippen LogP contribution in [0.1, 0.15) is 6.92 Å². The van der Waals surface area contributed by atoms with Gasteiger partial charge in [-0.05, 0) is 19.5 Å². The molecule has 0 saturated carbocycles. The topological polar surface area (TPSA) is 12.0 Å². The third kappa shape index (κ3) is 4.87. The Kier molecular flexibility index (Phi) is 5.23. The molecule has 0 aromatic rings. The summed E-state index contributed by atoms with van der Waals surface area (Å²) in [5.41, 5.74) is -0.0501. The number of hydrogen-bond donors (Lipinski definition) is 1. The zero-order valence-corrected chi connectivity index (χ0v) is 8.28. The first-order valence-corrected chi connectivity index (χ1v) is 4.15. The predicted molar refractivity (Wildman–Crippen MR) is 52.0 cm³/mol. The van der Waals surface area contributed by atoms with E-state index in [0.29, 0.717) is 6.54 Å². The van der Waals surface area contributed by atoms with Crippen molar-refractivity contribution in [1.82, 2.24) is 5.32 Å². The van der Waals surface area contributed by atoms with Gasteiger partial charge in [-0.1, -0.05) is 24.8 Å². The second kappa shape index (κ2) is 5.65. The highest BCUT2D eigenvalue weighted by Gasteiger charge is 2.29. The first-order valence-electron chi connectivity index (χ1n) is 4.15. The number of nitrogens with one attached hydrogen (secondary N) is 1. The van der Waals surface area contributed by atoms with Gasteiger partial charge >= 0.3 is 6.18 Å². The summed E-state index contributed by atoms with van der Waals surface area (Å²) in [6.45, 7) is 5.24. The van der Waals surface area contributed by atoms with Crippen molar-refractivity contribution in [2.24, 2.45) is 0 Å². The van der Waals surface area contributed by atoms with E-state index in [0.717, 1.165) is 11.6 Å². The van der Waals surface area contributed by atoms with Gasteiger partial charge in [-0.2, -0.15) is 13.2 Å². The lowest BCUT2D eigenvalue weighted by molar-refractivity contribution is -0.0878. The SMILES string of the molecule is C=C(/C=C\C(=C/C)CNC)C(F)(F)F. The van der Waals surface area contributed by atoms with E-state index in [-0.39, 0.29) is 0 Å². The Morgan fingerprint density at radius 2 is 1.93 bits per heavy atom. The first kappa shape index (κ1) is 13.0. The van der Waals surface area contributed by atoms with Gasteiger partial charge in [-0.3, -0.25) is 0 Å². The minimum Gasteiger partial charge on any atom is -0.316 e. The maximum atomic E-state index is 12.0. The quantitative estimate of drug-likeness (QED) is 0.696. The average Bonchev–Trinajstić information content (AvgIpc) is 2.10. The molecule has 0 fully saturated rings. The molecule has 14 heavy (non-hydrogen) atoms. The summed E-state index contributed by atoms with van der Waals surface area (Å²) in [7, 11) is 1.73. The number of likely N-dealkylation sites (N-methyl/N-ethyl adjacent to an activating group) is 1. The number of rotatable bonds is 4. The van der Waals surface area contributed by atoms with Crippen LogP contribution >= 0.6 is 0 Å². The summed E-state index contributed by atoms with van der Waals surface area (Å²) in [5.74, 6) is 0. The normalized spacial score (nSPS) is 13.6. The summed E-state index contributed by atoms with van der Waals surface area (Å²) < 4.78 is 36.0. The van der Waals surface area contributed by atoms with Crippen LogP contribution in [0, 0.1) is 0 Å². The lowest BCUT2D eigenvalue weighted by Crippen LogP contribution is -2.10. The summed E-state index contributed by atoms with van der Waals surface area (Å²) in [6.07, 6.45) is -0.204. The molecule has 0 atom stereocenters. The van der Waals surface area contributed by atoms with Crippen LogP contribution in [0.15, 0.2) is 36.0 Å². The molecule has 4 heteroatoms. The van der Waals surface area contributed by atoms with Gasteiger partial charge in [-0.25, -0.2) is 0 Å². The van der Waals surface area contributed by atoms with E-state index >= 15 is 0 Å². The van der Waals surface area contributed by atoms with Gasteiger partial charge in [0.15, 0.2) is 0 Å². The Balaban J connectivity index is 4.36. The van der Waals surface area contributed by atoms with E-state index < -0.39 is 11.7 Å². The highest BCUT2D eigenvalue weighted by molar-refractivity contribution is 5.29. The lowest BCUT2D eigenvalue weighted by Gasteiger charge is -2.05. The van der Waals surface area contributed by atoms with Crippen LogP contribution in [0.5, 0.6) is 0 Å². The van der Waals surface area contributed by atoms with Crippen LogP contribution in [-0.4, -0.2) is 19.8 Å². The van der Waals surface area contributed by atoms with E-state index in [9.17, 15) is 13.2 Å². The molecule has 80 valence electrons. The maximum absolute atomic E-state index is 12.0. The molecule has 1 N–H and O–H groups in total. The van der Waals surface area contributed by atoms with Crippen LogP contribution in [0.25, 0.3) is 0 Å². The van der Waals surface area contributed by atoms with Gasteiger partial charge < -0.3 is 5.32 Å². The number of hydrogen-bond acceptors (Lipinski definition) is 1. The van der Waals surface area contributed by atoms with E-state index in [1.165, 1.54) is 6.08 Å². The van der Waals surface area contributed by atoms with Crippen molar-refractivity contribution in [3.8, 4) is 0 Å². The van der Waals surface area contributed by atoms with Crippen molar-refractivity contribution in [2.45, 2.75) is 13.1 Å². The van der Waals surface area contributed by atoms with Crippen molar-refractivity contribution >= 4 is 0 Å². The number of halogens is 3. The minimum atomic E-state index is -4.34. The fraction of sp³-hybridized carbons (Fsp3) is 0.400. The predicted octanol–water partition coefficient (Wildman–Crippen LogP) is 2.83. The van der Waals surface area contributed by atoms with Gasteiger partial charge in [0, 0.05) is 12.1 Å². The molecule has 0 radical (unpaired) electrons. The molecule has 0 aliphatic heterocycles. The molecule has 1 nitrogen and oxygen atoms in total. The average molecular weight is 205 g/mol. The zero-order valence-electron chi connectivity index (χ0n) is 8.28. The van der Waals surface area contributed by atoms with Gasteiger partial charge in [0.2, 0.25) is 0 Å². The Bertz CT molecular complexity index is 249. The van der Waals surface area contributed by atoms with Crippen molar-refractivity contribution < 1.29 is 13.2 Å². The molecular weight excluding hydrogens is 191 g/mol. The Hall–Kier alpha value is -1.03. The Morgan fingerprint density at radius 1 is 1.36 bits per heavy atom. The van der Waals surface area contributed by atoms with Crippen molar-refractivity contribution in [3.63, 3.8) is 0 Å².